The van der Waals surface area contributed by atoms with Gasteiger partial charge in [-0.3, -0.25) is 14.9 Å². The third-order valence-corrected chi connectivity index (χ3v) is 4.52. The van der Waals surface area contributed by atoms with E-state index in [-0.39, 0.29) is 16.9 Å². The first kappa shape index (κ1) is 23.0. The number of carbonyl (C=O) groups excluding carboxylic acids is 2. The molecule has 8 heteroatoms. The van der Waals surface area contributed by atoms with E-state index < -0.39 is 0 Å². The van der Waals surface area contributed by atoms with Crippen LogP contribution in [0.3, 0.4) is 0 Å². The van der Waals surface area contributed by atoms with Crippen molar-refractivity contribution in [3.8, 4) is 5.75 Å². The highest BCUT2D eigenvalue weighted by molar-refractivity contribution is 7.80. The van der Waals surface area contributed by atoms with Crippen molar-refractivity contribution >= 4 is 34.8 Å². The number of anilines is 1. The molecule has 0 spiro atoms. The van der Waals surface area contributed by atoms with Gasteiger partial charge in [0.1, 0.15) is 11.5 Å². The number of hydrogen-bond acceptors (Lipinski definition) is 5. The van der Waals surface area contributed by atoms with E-state index in [2.05, 4.69) is 29.8 Å². The minimum atomic E-state index is -0.342. The average molecular weight is 452 g/mol. The lowest BCUT2D eigenvalue weighted by Gasteiger charge is -2.12. The molecule has 0 saturated heterocycles. The molecule has 0 atom stereocenters. The first-order valence-electron chi connectivity index (χ1n) is 10.2. The largest absolute Gasteiger partial charge is 0.493 e. The van der Waals surface area contributed by atoms with Gasteiger partial charge in [0.25, 0.3) is 11.8 Å². The highest BCUT2D eigenvalue weighted by atomic mass is 32.1. The number of thiocarbonyl (C=S) groups is 1. The molecule has 0 bridgehead atoms. The molecule has 2 aromatic carbocycles. The summed E-state index contributed by atoms with van der Waals surface area (Å²) in [4.78, 5) is 24.8. The summed E-state index contributed by atoms with van der Waals surface area (Å²) in [5.74, 6) is 1.20. The van der Waals surface area contributed by atoms with Gasteiger partial charge >= 0.3 is 0 Å². The van der Waals surface area contributed by atoms with Gasteiger partial charge in [-0.1, -0.05) is 19.9 Å². The fraction of sp³-hybridized carbons (Fsp3) is 0.208. The third-order valence-electron chi connectivity index (χ3n) is 4.31. The summed E-state index contributed by atoms with van der Waals surface area (Å²) in [6.45, 7) is 5.04. The Bertz CT molecular complexity index is 1060. The predicted molar refractivity (Wildman–Crippen MR) is 127 cm³/mol. The molecule has 0 unspecified atom stereocenters. The lowest BCUT2D eigenvalue weighted by atomic mass is 10.2. The van der Waals surface area contributed by atoms with Crippen molar-refractivity contribution in [2.45, 2.75) is 20.4 Å². The smallest absolute Gasteiger partial charge is 0.257 e. The first-order valence-corrected chi connectivity index (χ1v) is 10.6. The molecule has 0 saturated carbocycles. The second kappa shape index (κ2) is 11.1. The van der Waals surface area contributed by atoms with E-state index in [0.717, 1.165) is 0 Å². The normalized spacial score (nSPS) is 10.5. The van der Waals surface area contributed by atoms with Crippen molar-refractivity contribution in [3.63, 3.8) is 0 Å². The molecule has 7 nitrogen and oxygen atoms in total. The van der Waals surface area contributed by atoms with E-state index >= 15 is 0 Å². The van der Waals surface area contributed by atoms with Crippen molar-refractivity contribution < 1.29 is 18.7 Å². The molecular formula is C24H25N3O4S. The molecule has 0 radical (unpaired) electrons. The average Bonchev–Trinajstić information content (AvgIpc) is 3.30. The Balaban J connectivity index is 1.52. The minimum absolute atomic E-state index is 0.128. The number of amides is 2. The van der Waals surface area contributed by atoms with Gasteiger partial charge in [-0.25, -0.2) is 0 Å². The molecule has 2 amide bonds. The predicted octanol–water partition coefficient (Wildman–Crippen LogP) is 4.37. The van der Waals surface area contributed by atoms with Crippen LogP contribution >= 0.6 is 12.2 Å². The lowest BCUT2D eigenvalue weighted by molar-refractivity contribution is 0.0946. The first-order chi connectivity index (χ1) is 15.4. The van der Waals surface area contributed by atoms with Crippen LogP contribution in [0.2, 0.25) is 0 Å². The number of hydrogen-bond donors (Lipinski definition) is 3. The highest BCUT2D eigenvalue weighted by Crippen LogP contribution is 2.14. The standard InChI is InChI=1S/C24H25N3O4S/c1-16(2)15-31-20-10-8-17(9-11-20)23(29)27-24(32)26-19-6-3-5-18(13-19)22(28)25-14-21-7-4-12-30-21/h3-13,16H,14-15H2,1-2H3,(H,25,28)(H2,26,27,29,32). The van der Waals surface area contributed by atoms with Gasteiger partial charge in [0.15, 0.2) is 5.11 Å². The SMILES string of the molecule is CC(C)COc1ccc(C(=O)NC(=S)Nc2cccc(C(=O)NCc3ccco3)c2)cc1. The summed E-state index contributed by atoms with van der Waals surface area (Å²) in [5, 5.41) is 8.47. The maximum absolute atomic E-state index is 12.4. The Labute approximate surface area is 192 Å². The summed E-state index contributed by atoms with van der Waals surface area (Å²) in [5.41, 5.74) is 1.49. The summed E-state index contributed by atoms with van der Waals surface area (Å²) in [6, 6.07) is 17.2. The molecular weight excluding hydrogens is 426 g/mol. The van der Waals surface area contributed by atoms with Crippen LogP contribution in [0.25, 0.3) is 0 Å². The highest BCUT2D eigenvalue weighted by Gasteiger charge is 2.11. The van der Waals surface area contributed by atoms with Gasteiger partial charge in [0, 0.05) is 16.8 Å². The van der Waals surface area contributed by atoms with Crippen LogP contribution in [-0.4, -0.2) is 23.5 Å². The maximum atomic E-state index is 12.4. The molecule has 0 fully saturated rings. The number of nitrogens with one attached hydrogen (secondary N) is 3. The van der Waals surface area contributed by atoms with Crippen molar-refractivity contribution in [2.24, 2.45) is 5.92 Å². The van der Waals surface area contributed by atoms with Crippen LogP contribution in [0.15, 0.2) is 71.3 Å². The molecule has 3 N–H and O–H groups in total. The molecule has 3 rings (SSSR count). The zero-order valence-corrected chi connectivity index (χ0v) is 18.7. The van der Waals surface area contributed by atoms with E-state index in [1.54, 1.807) is 66.9 Å². The third kappa shape index (κ3) is 6.95. The Morgan fingerprint density at radius 1 is 1.00 bits per heavy atom. The van der Waals surface area contributed by atoms with Gasteiger partial charge in [-0.05, 0) is 72.7 Å². The van der Waals surface area contributed by atoms with E-state index in [1.807, 2.05) is 0 Å². The van der Waals surface area contributed by atoms with Crippen molar-refractivity contribution in [1.29, 1.82) is 0 Å². The monoisotopic (exact) mass is 451 g/mol. The molecule has 1 aromatic heterocycles. The van der Waals surface area contributed by atoms with Crippen LogP contribution in [-0.2, 0) is 6.54 Å². The Kier molecular flexibility index (Phi) is 7.99. The quantitative estimate of drug-likeness (QED) is 0.441. The summed E-state index contributed by atoms with van der Waals surface area (Å²) in [6.07, 6.45) is 1.55. The topological polar surface area (TPSA) is 92.6 Å². The summed E-state index contributed by atoms with van der Waals surface area (Å²) >= 11 is 5.24. The Hall–Kier alpha value is -3.65. The van der Waals surface area contributed by atoms with Crippen LogP contribution in [0.4, 0.5) is 5.69 Å². The molecule has 1 heterocycles. The van der Waals surface area contributed by atoms with E-state index in [0.29, 0.717) is 47.4 Å². The number of carbonyl (C=O) groups is 2. The number of ether oxygens (including phenoxy) is 1. The van der Waals surface area contributed by atoms with E-state index in [9.17, 15) is 9.59 Å². The van der Waals surface area contributed by atoms with Gasteiger partial charge in [0.2, 0.25) is 0 Å². The van der Waals surface area contributed by atoms with Crippen LogP contribution in [0.5, 0.6) is 5.75 Å². The second-order valence-electron chi connectivity index (χ2n) is 7.48. The molecule has 3 aromatic rings. The molecule has 0 aliphatic heterocycles. The number of benzene rings is 2. The number of rotatable bonds is 8. The maximum Gasteiger partial charge on any atom is 0.257 e. The van der Waals surface area contributed by atoms with Crippen LogP contribution < -0.4 is 20.7 Å². The lowest BCUT2D eigenvalue weighted by Crippen LogP contribution is -2.34. The van der Waals surface area contributed by atoms with Crippen molar-refractivity contribution in [1.82, 2.24) is 10.6 Å². The molecule has 32 heavy (non-hydrogen) atoms. The Morgan fingerprint density at radius 2 is 1.78 bits per heavy atom. The summed E-state index contributed by atoms with van der Waals surface area (Å²) < 4.78 is 10.8. The van der Waals surface area contributed by atoms with Gasteiger partial charge in [-0.15, -0.1) is 0 Å². The van der Waals surface area contributed by atoms with E-state index in [4.69, 9.17) is 21.4 Å². The Morgan fingerprint density at radius 3 is 2.47 bits per heavy atom. The minimum Gasteiger partial charge on any atom is -0.493 e. The van der Waals surface area contributed by atoms with Crippen molar-refractivity contribution in [2.75, 3.05) is 11.9 Å². The van der Waals surface area contributed by atoms with E-state index in [1.165, 1.54) is 0 Å². The van der Waals surface area contributed by atoms with Crippen LogP contribution in [0, 0.1) is 5.92 Å². The zero-order valence-electron chi connectivity index (χ0n) is 17.9. The van der Waals surface area contributed by atoms with Gasteiger partial charge < -0.3 is 19.8 Å². The fourth-order valence-electron chi connectivity index (χ4n) is 2.72. The summed E-state index contributed by atoms with van der Waals surface area (Å²) in [7, 11) is 0. The van der Waals surface area contributed by atoms with Crippen LogP contribution in [0.1, 0.15) is 40.3 Å². The fourth-order valence-corrected chi connectivity index (χ4v) is 2.93. The number of furan rings is 1. The molecule has 166 valence electrons. The molecule has 0 aliphatic rings. The zero-order chi connectivity index (χ0) is 22.9. The van der Waals surface area contributed by atoms with Crippen molar-refractivity contribution in [3.05, 3.63) is 83.8 Å². The molecule has 0 aliphatic carbocycles. The van der Waals surface area contributed by atoms with Gasteiger partial charge in [-0.2, -0.15) is 0 Å². The second-order valence-corrected chi connectivity index (χ2v) is 7.89. The van der Waals surface area contributed by atoms with Gasteiger partial charge in [0.05, 0.1) is 19.4 Å².